The molecule has 0 aliphatic carbocycles. The van der Waals surface area contributed by atoms with Gasteiger partial charge in [0.1, 0.15) is 15.5 Å². The van der Waals surface area contributed by atoms with Crippen LogP contribution in [0.1, 0.15) is 10.4 Å². The van der Waals surface area contributed by atoms with Gasteiger partial charge in [0.15, 0.2) is 0 Å². The summed E-state index contributed by atoms with van der Waals surface area (Å²) in [6, 6.07) is 8.42. The Bertz CT molecular complexity index is 1020. The monoisotopic (exact) mass is 434 g/mol. The normalized spacial score (nSPS) is 11.9. The van der Waals surface area contributed by atoms with Crippen LogP contribution in [-0.4, -0.2) is 27.8 Å². The summed E-state index contributed by atoms with van der Waals surface area (Å²) in [5, 5.41) is 14.7. The van der Waals surface area contributed by atoms with Gasteiger partial charge in [-0.1, -0.05) is 28.1 Å². The van der Waals surface area contributed by atoms with Crippen LogP contribution in [0.3, 0.4) is 0 Å². The minimum Gasteiger partial charge on any atom is -0.507 e. The van der Waals surface area contributed by atoms with E-state index in [1.54, 1.807) is 4.72 Å². The van der Waals surface area contributed by atoms with Gasteiger partial charge >= 0.3 is 0 Å². The topological polar surface area (TPSA) is 144 Å². The molecule has 0 radical (unpaired) electrons. The van der Waals surface area contributed by atoms with Gasteiger partial charge in [0.2, 0.25) is 10.0 Å². The number of carbonyl (C=O) groups is 1. The van der Waals surface area contributed by atoms with Crippen molar-refractivity contribution in [3.8, 4) is 5.75 Å². The first-order valence-corrected chi connectivity index (χ1v) is 10.0. The molecular formula is C13H11BrN2O6S2. The Balaban J connectivity index is 2.45. The molecule has 11 heteroatoms. The number of sulfonamides is 2. The molecule has 0 fully saturated rings. The quantitative estimate of drug-likeness (QED) is 0.652. The maximum Gasteiger partial charge on any atom is 0.268 e. The molecule has 4 N–H and O–H groups in total. The highest BCUT2D eigenvalue weighted by Crippen LogP contribution is 2.24. The SMILES string of the molecule is NS(=O)(=O)c1ccccc1S(=O)(=O)NC(=O)c1ccc(Br)cc1O. The van der Waals surface area contributed by atoms with Crippen LogP contribution in [0.4, 0.5) is 0 Å². The van der Waals surface area contributed by atoms with Crippen LogP contribution in [0.25, 0.3) is 0 Å². The van der Waals surface area contributed by atoms with Gasteiger partial charge in [0.05, 0.1) is 5.56 Å². The van der Waals surface area contributed by atoms with Crippen molar-refractivity contribution in [2.24, 2.45) is 5.14 Å². The van der Waals surface area contributed by atoms with Crippen molar-refractivity contribution in [2.75, 3.05) is 0 Å². The molecular weight excluding hydrogens is 424 g/mol. The van der Waals surface area contributed by atoms with Gasteiger partial charge in [-0.2, -0.15) is 0 Å². The van der Waals surface area contributed by atoms with E-state index < -0.39 is 41.5 Å². The molecule has 2 aromatic rings. The van der Waals surface area contributed by atoms with Crippen molar-refractivity contribution in [2.45, 2.75) is 9.79 Å². The zero-order valence-electron chi connectivity index (χ0n) is 11.8. The summed E-state index contributed by atoms with van der Waals surface area (Å²) in [6.07, 6.45) is 0. The number of hydrogen-bond donors (Lipinski definition) is 3. The molecule has 0 unspecified atom stereocenters. The molecule has 128 valence electrons. The summed E-state index contributed by atoms with van der Waals surface area (Å²) in [7, 11) is -8.85. The number of phenols is 1. The first-order chi connectivity index (χ1) is 11.0. The number of benzene rings is 2. The molecule has 8 nitrogen and oxygen atoms in total. The maximum absolute atomic E-state index is 12.3. The Hall–Kier alpha value is -1.95. The van der Waals surface area contributed by atoms with Crippen LogP contribution in [-0.2, 0) is 20.0 Å². The number of nitrogens with one attached hydrogen (secondary N) is 1. The molecule has 0 atom stereocenters. The molecule has 0 aliphatic heterocycles. The Morgan fingerprint density at radius 2 is 1.62 bits per heavy atom. The predicted octanol–water partition coefficient (Wildman–Crippen LogP) is 0.921. The second kappa shape index (κ2) is 6.51. The Kier molecular flexibility index (Phi) is 4.99. The van der Waals surface area contributed by atoms with Crippen LogP contribution in [0, 0.1) is 0 Å². The number of halogens is 1. The van der Waals surface area contributed by atoms with Crippen molar-refractivity contribution < 1.29 is 26.7 Å². The van der Waals surface area contributed by atoms with Crippen LogP contribution < -0.4 is 9.86 Å². The third kappa shape index (κ3) is 3.93. The number of primary sulfonamides is 1. The summed E-state index contributed by atoms with van der Waals surface area (Å²) < 4.78 is 49.8. The summed E-state index contributed by atoms with van der Waals surface area (Å²) in [5.41, 5.74) is -0.296. The van der Waals surface area contributed by atoms with Gasteiger partial charge in [-0.25, -0.2) is 26.7 Å². The summed E-state index contributed by atoms with van der Waals surface area (Å²) in [5.74, 6) is -1.57. The number of nitrogens with two attached hydrogens (primary N) is 1. The zero-order valence-corrected chi connectivity index (χ0v) is 15.0. The minimum absolute atomic E-state index is 0.296. The van der Waals surface area contributed by atoms with Crippen molar-refractivity contribution in [1.29, 1.82) is 0 Å². The lowest BCUT2D eigenvalue weighted by Gasteiger charge is -2.11. The van der Waals surface area contributed by atoms with E-state index >= 15 is 0 Å². The molecule has 0 saturated carbocycles. The fraction of sp³-hybridized carbons (Fsp3) is 0. The first-order valence-electron chi connectivity index (χ1n) is 6.20. The molecule has 0 bridgehead atoms. The molecule has 2 rings (SSSR count). The number of phenolic OH excluding ortho intramolecular Hbond substituents is 1. The van der Waals surface area contributed by atoms with Gasteiger partial charge in [-0.3, -0.25) is 4.79 Å². The third-order valence-electron chi connectivity index (χ3n) is 2.88. The van der Waals surface area contributed by atoms with E-state index in [1.165, 1.54) is 30.3 Å². The lowest BCUT2D eigenvalue weighted by molar-refractivity contribution is 0.0978. The van der Waals surface area contributed by atoms with Gasteiger partial charge < -0.3 is 5.11 Å². The standard InChI is InChI=1S/C13H11BrN2O6S2/c14-8-5-6-9(10(17)7-8)13(18)16-24(21,22)12-4-2-1-3-11(12)23(15,19)20/h1-7,17H,(H,16,18)(H2,15,19,20). The van der Waals surface area contributed by atoms with E-state index in [0.29, 0.717) is 4.47 Å². The van der Waals surface area contributed by atoms with Crippen molar-refractivity contribution in [3.05, 3.63) is 52.5 Å². The lowest BCUT2D eigenvalue weighted by atomic mass is 10.2. The van der Waals surface area contributed by atoms with Crippen LogP contribution in [0.2, 0.25) is 0 Å². The number of carbonyl (C=O) groups excluding carboxylic acids is 1. The Morgan fingerprint density at radius 3 is 2.17 bits per heavy atom. The van der Waals surface area contributed by atoms with Gasteiger partial charge in [-0.15, -0.1) is 0 Å². The van der Waals surface area contributed by atoms with E-state index in [0.717, 1.165) is 12.1 Å². The van der Waals surface area contributed by atoms with E-state index in [2.05, 4.69) is 15.9 Å². The van der Waals surface area contributed by atoms with Gasteiger partial charge in [0, 0.05) is 4.47 Å². The smallest absolute Gasteiger partial charge is 0.268 e. The maximum atomic E-state index is 12.3. The molecule has 2 aromatic carbocycles. The molecule has 0 saturated heterocycles. The number of hydrogen-bond acceptors (Lipinski definition) is 6. The average Bonchev–Trinajstić information content (AvgIpc) is 2.45. The number of aromatic hydroxyl groups is 1. The molecule has 1 amide bonds. The van der Waals surface area contributed by atoms with E-state index in [-0.39, 0.29) is 5.56 Å². The highest BCUT2D eigenvalue weighted by Gasteiger charge is 2.26. The van der Waals surface area contributed by atoms with Crippen LogP contribution >= 0.6 is 15.9 Å². The van der Waals surface area contributed by atoms with E-state index in [4.69, 9.17) is 5.14 Å². The van der Waals surface area contributed by atoms with E-state index in [1.807, 2.05) is 0 Å². The Morgan fingerprint density at radius 1 is 1.04 bits per heavy atom. The summed E-state index contributed by atoms with van der Waals surface area (Å²) >= 11 is 3.08. The number of rotatable bonds is 4. The van der Waals surface area contributed by atoms with Crippen molar-refractivity contribution in [1.82, 2.24) is 4.72 Å². The minimum atomic E-state index is -4.53. The summed E-state index contributed by atoms with van der Waals surface area (Å²) in [4.78, 5) is 10.8. The largest absolute Gasteiger partial charge is 0.507 e. The fourth-order valence-corrected chi connectivity index (χ4v) is 4.53. The van der Waals surface area contributed by atoms with Crippen molar-refractivity contribution in [3.63, 3.8) is 0 Å². The number of amides is 1. The molecule has 0 spiro atoms. The molecule has 0 aromatic heterocycles. The van der Waals surface area contributed by atoms with Gasteiger partial charge in [-0.05, 0) is 30.3 Å². The third-order valence-corrected chi connectivity index (χ3v) is 5.86. The highest BCUT2D eigenvalue weighted by atomic mass is 79.9. The second-order valence-electron chi connectivity index (χ2n) is 4.59. The first kappa shape index (κ1) is 18.4. The predicted molar refractivity (Wildman–Crippen MR) is 88.3 cm³/mol. The fourth-order valence-electron chi connectivity index (χ4n) is 1.84. The molecule has 24 heavy (non-hydrogen) atoms. The second-order valence-corrected chi connectivity index (χ2v) is 8.68. The highest BCUT2D eigenvalue weighted by molar-refractivity contribution is 9.10. The molecule has 0 aliphatic rings. The molecule has 0 heterocycles. The lowest BCUT2D eigenvalue weighted by Crippen LogP contribution is -2.32. The van der Waals surface area contributed by atoms with Crippen LogP contribution in [0.5, 0.6) is 5.75 Å². The van der Waals surface area contributed by atoms with Gasteiger partial charge in [0.25, 0.3) is 15.9 Å². The summed E-state index contributed by atoms with van der Waals surface area (Å²) in [6.45, 7) is 0. The van der Waals surface area contributed by atoms with Crippen LogP contribution in [0.15, 0.2) is 56.7 Å². The average molecular weight is 435 g/mol. The zero-order chi connectivity index (χ0) is 18.1. The van der Waals surface area contributed by atoms with Crippen molar-refractivity contribution >= 4 is 41.9 Å². The Labute approximate surface area is 146 Å². The van der Waals surface area contributed by atoms with E-state index in [9.17, 15) is 26.7 Å².